The fourth-order valence-electron chi connectivity index (χ4n) is 1.10. The predicted octanol–water partition coefficient (Wildman–Crippen LogP) is 1.27. The van der Waals surface area contributed by atoms with Crippen LogP contribution in [0.5, 0.6) is 0 Å². The largest absolute Gasteiger partial charge is 0.395 e. The molecule has 0 radical (unpaired) electrons. The molecule has 0 aliphatic carbocycles. The molecule has 0 saturated heterocycles. The van der Waals surface area contributed by atoms with E-state index in [1.54, 1.807) is 6.20 Å². The second-order valence-electron chi connectivity index (χ2n) is 2.97. The van der Waals surface area contributed by atoms with E-state index in [1.165, 1.54) is 0 Å². The van der Waals surface area contributed by atoms with E-state index in [9.17, 15) is 0 Å². The summed E-state index contributed by atoms with van der Waals surface area (Å²) in [6.45, 7) is 1.69. The highest BCUT2D eigenvalue weighted by molar-refractivity contribution is 9.10. The minimum Gasteiger partial charge on any atom is -0.395 e. The Morgan fingerprint density at radius 3 is 2.92 bits per heavy atom. The smallest absolute Gasteiger partial charge is 0.0558 e. The van der Waals surface area contributed by atoms with Crippen LogP contribution >= 0.6 is 15.9 Å². The zero-order valence-electron chi connectivity index (χ0n) is 7.57. The molecule has 0 spiro atoms. The molecule has 0 saturated carbocycles. The van der Waals surface area contributed by atoms with Gasteiger partial charge in [0.25, 0.3) is 0 Å². The SMILES string of the molecule is CN(CCO)Cc1cncc(Br)c1. The van der Waals surface area contributed by atoms with E-state index in [-0.39, 0.29) is 6.61 Å². The maximum Gasteiger partial charge on any atom is 0.0558 e. The van der Waals surface area contributed by atoms with Crippen LogP contribution in [0.15, 0.2) is 22.9 Å². The third kappa shape index (κ3) is 3.85. The molecule has 4 heteroatoms. The molecule has 3 nitrogen and oxygen atoms in total. The number of hydrogen-bond donors (Lipinski definition) is 1. The van der Waals surface area contributed by atoms with Gasteiger partial charge in [0.15, 0.2) is 0 Å². The Morgan fingerprint density at radius 2 is 2.31 bits per heavy atom. The van der Waals surface area contributed by atoms with Crippen molar-refractivity contribution < 1.29 is 5.11 Å². The van der Waals surface area contributed by atoms with Gasteiger partial charge in [-0.05, 0) is 34.6 Å². The fourth-order valence-corrected chi connectivity index (χ4v) is 1.52. The molecule has 0 unspecified atom stereocenters. The number of pyridine rings is 1. The summed E-state index contributed by atoms with van der Waals surface area (Å²) >= 11 is 3.36. The van der Waals surface area contributed by atoms with Crippen molar-refractivity contribution in [2.45, 2.75) is 6.54 Å². The fraction of sp³-hybridized carbons (Fsp3) is 0.444. The lowest BCUT2D eigenvalue weighted by Gasteiger charge is -2.14. The topological polar surface area (TPSA) is 36.4 Å². The molecule has 1 aromatic heterocycles. The highest BCUT2D eigenvalue weighted by atomic mass is 79.9. The molecule has 0 bridgehead atoms. The maximum atomic E-state index is 8.70. The summed E-state index contributed by atoms with van der Waals surface area (Å²) in [5.41, 5.74) is 1.14. The van der Waals surface area contributed by atoms with Gasteiger partial charge < -0.3 is 5.11 Å². The minimum absolute atomic E-state index is 0.192. The third-order valence-corrected chi connectivity index (χ3v) is 2.13. The molecule has 1 N–H and O–H groups in total. The summed E-state index contributed by atoms with van der Waals surface area (Å²) in [7, 11) is 1.97. The van der Waals surface area contributed by atoms with Crippen LogP contribution in [0, 0.1) is 0 Å². The van der Waals surface area contributed by atoms with Crippen LogP contribution in [0.3, 0.4) is 0 Å². The molecule has 0 aliphatic rings. The number of rotatable bonds is 4. The van der Waals surface area contributed by atoms with Gasteiger partial charge in [-0.3, -0.25) is 9.88 Å². The lowest BCUT2D eigenvalue weighted by molar-refractivity contribution is 0.217. The van der Waals surface area contributed by atoms with Crippen LogP contribution in [-0.2, 0) is 6.54 Å². The molecule has 1 aromatic rings. The van der Waals surface area contributed by atoms with E-state index in [1.807, 2.05) is 24.2 Å². The van der Waals surface area contributed by atoms with Gasteiger partial charge in [0.2, 0.25) is 0 Å². The Labute approximate surface area is 86.5 Å². The quantitative estimate of drug-likeness (QED) is 0.867. The zero-order chi connectivity index (χ0) is 9.68. The van der Waals surface area contributed by atoms with Gasteiger partial charge >= 0.3 is 0 Å². The summed E-state index contributed by atoms with van der Waals surface area (Å²) in [6.07, 6.45) is 3.59. The number of aliphatic hydroxyl groups excluding tert-OH is 1. The number of aliphatic hydroxyl groups is 1. The van der Waals surface area contributed by atoms with Crippen molar-refractivity contribution in [3.05, 3.63) is 28.5 Å². The van der Waals surface area contributed by atoms with Crippen molar-refractivity contribution in [1.82, 2.24) is 9.88 Å². The predicted molar refractivity (Wildman–Crippen MR) is 55.4 cm³/mol. The number of aromatic nitrogens is 1. The molecule has 1 rings (SSSR count). The van der Waals surface area contributed by atoms with Gasteiger partial charge in [0.1, 0.15) is 0 Å². The highest BCUT2D eigenvalue weighted by Gasteiger charge is 1.99. The van der Waals surface area contributed by atoms with E-state index in [2.05, 4.69) is 20.9 Å². The first-order chi connectivity index (χ1) is 6.22. The van der Waals surface area contributed by atoms with Gasteiger partial charge in [0.05, 0.1) is 6.61 Å². The van der Waals surface area contributed by atoms with E-state index in [0.717, 1.165) is 16.6 Å². The zero-order valence-corrected chi connectivity index (χ0v) is 9.16. The molecule has 0 amide bonds. The molecule has 0 aliphatic heterocycles. The summed E-state index contributed by atoms with van der Waals surface area (Å²) in [4.78, 5) is 6.11. The Morgan fingerprint density at radius 1 is 1.54 bits per heavy atom. The van der Waals surface area contributed by atoms with E-state index >= 15 is 0 Å². The van der Waals surface area contributed by atoms with Gasteiger partial charge in [0, 0.05) is 30.0 Å². The standard InChI is InChI=1S/C9H13BrN2O/c1-12(2-3-13)7-8-4-9(10)6-11-5-8/h4-6,13H,2-3,7H2,1H3. The Balaban J connectivity index is 2.53. The summed E-state index contributed by atoms with van der Waals surface area (Å²) in [5.74, 6) is 0. The molecule has 1 heterocycles. The number of likely N-dealkylation sites (N-methyl/N-ethyl adjacent to an activating group) is 1. The normalized spacial score (nSPS) is 10.8. The number of hydrogen-bond acceptors (Lipinski definition) is 3. The summed E-state index contributed by atoms with van der Waals surface area (Å²) in [5, 5.41) is 8.70. The van der Waals surface area contributed by atoms with Crippen LogP contribution in [0.4, 0.5) is 0 Å². The molecular formula is C9H13BrN2O. The van der Waals surface area contributed by atoms with Crippen molar-refractivity contribution in [3.63, 3.8) is 0 Å². The van der Waals surface area contributed by atoms with Gasteiger partial charge in [-0.25, -0.2) is 0 Å². The van der Waals surface area contributed by atoms with Crippen molar-refractivity contribution in [1.29, 1.82) is 0 Å². The first-order valence-electron chi connectivity index (χ1n) is 4.11. The van der Waals surface area contributed by atoms with Crippen LogP contribution in [-0.4, -0.2) is 35.2 Å². The van der Waals surface area contributed by atoms with E-state index in [0.29, 0.717) is 6.54 Å². The molecule has 0 fully saturated rings. The Kier molecular flexibility index (Phi) is 4.35. The summed E-state index contributed by atoms with van der Waals surface area (Å²) < 4.78 is 0.988. The third-order valence-electron chi connectivity index (χ3n) is 1.70. The van der Waals surface area contributed by atoms with Crippen LogP contribution < -0.4 is 0 Å². The van der Waals surface area contributed by atoms with E-state index < -0.39 is 0 Å². The van der Waals surface area contributed by atoms with Crippen LogP contribution in [0.25, 0.3) is 0 Å². The molecule has 0 atom stereocenters. The Hall–Kier alpha value is -0.450. The molecule has 72 valence electrons. The molecule has 0 aromatic carbocycles. The van der Waals surface area contributed by atoms with Crippen molar-refractivity contribution in [3.8, 4) is 0 Å². The second kappa shape index (κ2) is 5.32. The maximum absolute atomic E-state index is 8.70. The van der Waals surface area contributed by atoms with E-state index in [4.69, 9.17) is 5.11 Å². The lowest BCUT2D eigenvalue weighted by Crippen LogP contribution is -2.21. The number of halogens is 1. The van der Waals surface area contributed by atoms with Gasteiger partial charge in [-0.15, -0.1) is 0 Å². The molecule has 13 heavy (non-hydrogen) atoms. The second-order valence-corrected chi connectivity index (χ2v) is 3.89. The van der Waals surface area contributed by atoms with Crippen molar-refractivity contribution in [2.24, 2.45) is 0 Å². The average molecular weight is 245 g/mol. The molecular weight excluding hydrogens is 232 g/mol. The monoisotopic (exact) mass is 244 g/mol. The first kappa shape index (κ1) is 10.6. The van der Waals surface area contributed by atoms with Crippen molar-refractivity contribution in [2.75, 3.05) is 20.2 Å². The summed E-state index contributed by atoms with van der Waals surface area (Å²) in [6, 6.07) is 2.03. The highest BCUT2D eigenvalue weighted by Crippen LogP contribution is 2.10. The van der Waals surface area contributed by atoms with Crippen molar-refractivity contribution >= 4 is 15.9 Å². The number of nitrogens with zero attached hydrogens (tertiary/aromatic N) is 2. The minimum atomic E-state index is 0.192. The average Bonchev–Trinajstić information content (AvgIpc) is 2.04. The van der Waals surface area contributed by atoms with Crippen LogP contribution in [0.1, 0.15) is 5.56 Å². The van der Waals surface area contributed by atoms with Gasteiger partial charge in [-0.2, -0.15) is 0 Å². The Bertz CT molecular complexity index is 268. The first-order valence-corrected chi connectivity index (χ1v) is 4.90. The van der Waals surface area contributed by atoms with Crippen LogP contribution in [0.2, 0.25) is 0 Å². The van der Waals surface area contributed by atoms with Gasteiger partial charge in [-0.1, -0.05) is 0 Å². The lowest BCUT2D eigenvalue weighted by atomic mass is 10.3.